The number of carbonyl (C=O) groups excluding carboxylic acids is 2. The molecule has 0 spiro atoms. The van der Waals surface area contributed by atoms with Crippen molar-refractivity contribution in [3.63, 3.8) is 0 Å². The fourth-order valence-electron chi connectivity index (χ4n) is 3.18. The van der Waals surface area contributed by atoms with Crippen LogP contribution in [0.4, 0.5) is 11.4 Å². The Morgan fingerprint density at radius 3 is 2.52 bits per heavy atom. The van der Waals surface area contributed by atoms with Crippen LogP contribution in [0.25, 0.3) is 0 Å². The molecular weight excluding hydrogens is 268 g/mol. The van der Waals surface area contributed by atoms with Gasteiger partial charge in [0.25, 0.3) is 0 Å². The Morgan fingerprint density at radius 2 is 1.86 bits per heavy atom. The molecule has 1 aromatic rings. The number of hydrogen-bond acceptors (Lipinski definition) is 4. The summed E-state index contributed by atoms with van der Waals surface area (Å²) in [5, 5.41) is 0. The lowest BCUT2D eigenvalue weighted by atomic mass is 10.1. The number of ether oxygens (including phenoxy) is 1. The summed E-state index contributed by atoms with van der Waals surface area (Å²) in [5.74, 6) is -0.657. The standard InChI is InChI=1S/C16H20N2O3/c1-21-16(20)12-10-15(19)18(11-12)14-7-3-2-6-13(14)17-8-4-5-9-17/h2-3,6-7,12H,4-5,8-11H2,1H3. The fraction of sp³-hybridized carbons (Fsp3) is 0.500. The first-order valence-electron chi connectivity index (χ1n) is 7.43. The van der Waals surface area contributed by atoms with Crippen molar-refractivity contribution < 1.29 is 14.3 Å². The van der Waals surface area contributed by atoms with Gasteiger partial charge in [0.05, 0.1) is 24.4 Å². The summed E-state index contributed by atoms with van der Waals surface area (Å²) in [6.45, 7) is 2.47. The molecule has 0 bridgehead atoms. The molecule has 112 valence electrons. The minimum atomic E-state index is -0.353. The van der Waals surface area contributed by atoms with Crippen molar-refractivity contribution in [1.82, 2.24) is 0 Å². The topological polar surface area (TPSA) is 49.9 Å². The van der Waals surface area contributed by atoms with Crippen molar-refractivity contribution in [3.8, 4) is 0 Å². The SMILES string of the molecule is COC(=O)C1CC(=O)N(c2ccccc2N2CCCC2)C1. The van der Waals surface area contributed by atoms with E-state index in [4.69, 9.17) is 4.74 Å². The zero-order valence-electron chi connectivity index (χ0n) is 12.2. The van der Waals surface area contributed by atoms with E-state index in [1.165, 1.54) is 20.0 Å². The van der Waals surface area contributed by atoms with Crippen LogP contribution in [-0.2, 0) is 14.3 Å². The molecule has 1 aromatic carbocycles. The van der Waals surface area contributed by atoms with Crippen molar-refractivity contribution in [1.29, 1.82) is 0 Å². The lowest BCUT2D eigenvalue weighted by Gasteiger charge is -2.26. The van der Waals surface area contributed by atoms with Crippen LogP contribution in [0.1, 0.15) is 19.3 Å². The Balaban J connectivity index is 1.87. The summed E-state index contributed by atoms with van der Waals surface area (Å²) in [6.07, 6.45) is 2.61. The number of methoxy groups -OCH3 is 1. The second kappa shape index (κ2) is 5.76. The largest absolute Gasteiger partial charge is 0.469 e. The van der Waals surface area contributed by atoms with Gasteiger partial charge in [-0.2, -0.15) is 0 Å². The molecule has 2 aliphatic heterocycles. The van der Waals surface area contributed by atoms with Crippen molar-refractivity contribution in [2.75, 3.05) is 36.5 Å². The first kappa shape index (κ1) is 13.9. The molecule has 0 aromatic heterocycles. The molecule has 2 saturated heterocycles. The van der Waals surface area contributed by atoms with E-state index in [9.17, 15) is 9.59 Å². The van der Waals surface area contributed by atoms with Crippen LogP contribution in [0.5, 0.6) is 0 Å². The molecule has 1 amide bonds. The smallest absolute Gasteiger partial charge is 0.311 e. The highest BCUT2D eigenvalue weighted by molar-refractivity contribution is 6.01. The van der Waals surface area contributed by atoms with E-state index in [1.54, 1.807) is 4.90 Å². The van der Waals surface area contributed by atoms with Crippen LogP contribution < -0.4 is 9.80 Å². The average molecular weight is 288 g/mol. The number of hydrogen-bond donors (Lipinski definition) is 0. The lowest BCUT2D eigenvalue weighted by molar-refractivity contribution is -0.145. The first-order valence-corrected chi connectivity index (χ1v) is 7.43. The molecule has 5 nitrogen and oxygen atoms in total. The van der Waals surface area contributed by atoms with E-state index in [2.05, 4.69) is 11.0 Å². The van der Waals surface area contributed by atoms with Crippen LogP contribution in [0.3, 0.4) is 0 Å². The number of benzene rings is 1. The van der Waals surface area contributed by atoms with E-state index in [0.29, 0.717) is 6.54 Å². The highest BCUT2D eigenvalue weighted by Crippen LogP contribution is 2.35. The Hall–Kier alpha value is -2.04. The third-order valence-electron chi connectivity index (χ3n) is 4.28. The molecule has 2 fully saturated rings. The monoisotopic (exact) mass is 288 g/mol. The van der Waals surface area contributed by atoms with Gasteiger partial charge in [0, 0.05) is 26.1 Å². The van der Waals surface area contributed by atoms with Crippen LogP contribution in [0, 0.1) is 5.92 Å². The minimum Gasteiger partial charge on any atom is -0.469 e. The molecule has 2 heterocycles. The molecule has 5 heteroatoms. The number of esters is 1. The van der Waals surface area contributed by atoms with Crippen LogP contribution in [0.2, 0.25) is 0 Å². The maximum Gasteiger partial charge on any atom is 0.311 e. The van der Waals surface area contributed by atoms with Crippen molar-refractivity contribution in [3.05, 3.63) is 24.3 Å². The first-order chi connectivity index (χ1) is 10.2. The summed E-state index contributed by atoms with van der Waals surface area (Å²) >= 11 is 0. The summed E-state index contributed by atoms with van der Waals surface area (Å²) in [4.78, 5) is 28.0. The van der Waals surface area contributed by atoms with Gasteiger partial charge in [-0.25, -0.2) is 0 Å². The van der Waals surface area contributed by atoms with E-state index in [-0.39, 0.29) is 24.2 Å². The molecule has 21 heavy (non-hydrogen) atoms. The molecule has 1 unspecified atom stereocenters. The Labute approximate surface area is 124 Å². The number of carbonyl (C=O) groups is 2. The lowest BCUT2D eigenvalue weighted by Crippen LogP contribution is -2.29. The molecule has 0 saturated carbocycles. The van der Waals surface area contributed by atoms with Gasteiger partial charge in [-0.15, -0.1) is 0 Å². The maximum atomic E-state index is 12.3. The molecule has 3 rings (SSSR count). The van der Waals surface area contributed by atoms with E-state index in [0.717, 1.165) is 24.5 Å². The van der Waals surface area contributed by atoms with Crippen LogP contribution in [-0.4, -0.2) is 38.6 Å². The van der Waals surface area contributed by atoms with Crippen LogP contribution >= 0.6 is 0 Å². The minimum absolute atomic E-state index is 0.00273. The second-order valence-corrected chi connectivity index (χ2v) is 5.61. The third kappa shape index (κ3) is 2.60. The zero-order chi connectivity index (χ0) is 14.8. The molecule has 1 atom stereocenters. The summed E-state index contributed by atoms with van der Waals surface area (Å²) in [6, 6.07) is 7.95. The summed E-state index contributed by atoms with van der Waals surface area (Å²) < 4.78 is 4.77. The van der Waals surface area contributed by atoms with Gasteiger partial charge in [-0.1, -0.05) is 12.1 Å². The third-order valence-corrected chi connectivity index (χ3v) is 4.28. The van der Waals surface area contributed by atoms with Crippen LogP contribution in [0.15, 0.2) is 24.3 Å². The number of rotatable bonds is 3. The Morgan fingerprint density at radius 1 is 1.19 bits per heavy atom. The van der Waals surface area contributed by atoms with E-state index >= 15 is 0 Å². The van der Waals surface area contributed by atoms with Gasteiger partial charge in [-0.3, -0.25) is 9.59 Å². The van der Waals surface area contributed by atoms with Crippen molar-refractivity contribution >= 4 is 23.3 Å². The zero-order valence-corrected chi connectivity index (χ0v) is 12.2. The number of nitrogens with zero attached hydrogens (tertiary/aromatic N) is 2. The summed E-state index contributed by atoms with van der Waals surface area (Å²) in [7, 11) is 1.37. The second-order valence-electron chi connectivity index (χ2n) is 5.61. The van der Waals surface area contributed by atoms with Gasteiger partial charge >= 0.3 is 5.97 Å². The molecule has 2 aliphatic rings. The number of anilines is 2. The average Bonchev–Trinajstić information content (AvgIpc) is 3.16. The van der Waals surface area contributed by atoms with E-state index in [1.807, 2.05) is 18.2 Å². The maximum absolute atomic E-state index is 12.3. The molecule has 0 aliphatic carbocycles. The number of amides is 1. The van der Waals surface area contributed by atoms with Gasteiger partial charge in [0.2, 0.25) is 5.91 Å². The van der Waals surface area contributed by atoms with E-state index < -0.39 is 0 Å². The van der Waals surface area contributed by atoms with Gasteiger partial charge < -0.3 is 14.5 Å². The van der Waals surface area contributed by atoms with Gasteiger partial charge in [0.1, 0.15) is 0 Å². The van der Waals surface area contributed by atoms with Crippen molar-refractivity contribution in [2.45, 2.75) is 19.3 Å². The van der Waals surface area contributed by atoms with Gasteiger partial charge in [0.15, 0.2) is 0 Å². The molecule has 0 radical (unpaired) electrons. The predicted octanol–water partition coefficient (Wildman–Crippen LogP) is 1.81. The summed E-state index contributed by atoms with van der Waals surface area (Å²) in [5.41, 5.74) is 2.00. The van der Waals surface area contributed by atoms with Gasteiger partial charge in [-0.05, 0) is 25.0 Å². The highest BCUT2D eigenvalue weighted by Gasteiger charge is 2.37. The normalized spacial score (nSPS) is 22.0. The fourth-order valence-corrected chi connectivity index (χ4v) is 3.18. The Kier molecular flexibility index (Phi) is 3.82. The predicted molar refractivity (Wildman–Crippen MR) is 80.4 cm³/mol. The number of para-hydroxylation sites is 2. The van der Waals surface area contributed by atoms with Crippen molar-refractivity contribution in [2.24, 2.45) is 5.92 Å². The quantitative estimate of drug-likeness (QED) is 0.796. The Bertz CT molecular complexity index is 552. The molecule has 0 N–H and O–H groups in total. The highest BCUT2D eigenvalue weighted by atomic mass is 16.5. The molecular formula is C16H20N2O3.